The second-order valence-corrected chi connectivity index (χ2v) is 7.43. The Labute approximate surface area is 158 Å². The van der Waals surface area contributed by atoms with Gasteiger partial charge in [-0.2, -0.15) is 26.3 Å². The molecule has 2 heterocycles. The number of amides is 1. The monoisotopic (exact) mass is 409 g/mol. The van der Waals surface area contributed by atoms with E-state index in [1.807, 2.05) is 0 Å². The Bertz CT molecular complexity index is 725. The molecule has 28 heavy (non-hydrogen) atoms. The number of hydrogen-bond acceptors (Lipinski definition) is 3. The number of benzene rings is 1. The highest BCUT2D eigenvalue weighted by molar-refractivity contribution is 5.93. The van der Waals surface area contributed by atoms with Crippen LogP contribution in [0.2, 0.25) is 0 Å². The lowest BCUT2D eigenvalue weighted by Gasteiger charge is -2.39. The number of nitrogens with one attached hydrogen (secondary N) is 1. The molecule has 3 rings (SSSR count). The number of primary amides is 1. The zero-order chi connectivity index (χ0) is 20.7. The molecule has 0 aromatic heterocycles. The van der Waals surface area contributed by atoms with Gasteiger partial charge in [0.25, 0.3) is 0 Å². The van der Waals surface area contributed by atoms with Gasteiger partial charge in [-0.15, -0.1) is 0 Å². The molecule has 1 saturated heterocycles. The molecule has 0 radical (unpaired) electrons. The Balaban J connectivity index is 1.78. The first-order valence-corrected chi connectivity index (χ1v) is 8.97. The molecular formula is C18H21F6N3O. The van der Waals surface area contributed by atoms with E-state index in [0.717, 1.165) is 4.90 Å². The number of likely N-dealkylation sites (tertiary alicyclic amines) is 1. The van der Waals surface area contributed by atoms with Crippen molar-refractivity contribution in [2.24, 2.45) is 17.6 Å². The van der Waals surface area contributed by atoms with Crippen molar-refractivity contribution >= 4 is 5.91 Å². The molecule has 1 unspecified atom stereocenters. The maximum atomic E-state index is 13.9. The van der Waals surface area contributed by atoms with Crippen molar-refractivity contribution in [2.75, 3.05) is 19.6 Å². The lowest BCUT2D eigenvalue weighted by Crippen LogP contribution is -2.46. The number of halogens is 6. The molecule has 1 aromatic rings. The minimum Gasteiger partial charge on any atom is -0.366 e. The highest BCUT2D eigenvalue weighted by Crippen LogP contribution is 2.47. The van der Waals surface area contributed by atoms with Gasteiger partial charge in [0.1, 0.15) is 0 Å². The van der Waals surface area contributed by atoms with Crippen LogP contribution in [0.25, 0.3) is 0 Å². The molecule has 4 nitrogen and oxygen atoms in total. The molecule has 2 atom stereocenters. The number of fused-ring (bicyclic) bond motifs is 1. The predicted octanol–water partition coefficient (Wildman–Crippen LogP) is 3.38. The molecule has 2 aliphatic heterocycles. The average molecular weight is 409 g/mol. The van der Waals surface area contributed by atoms with Gasteiger partial charge in [0.2, 0.25) is 5.91 Å². The van der Waals surface area contributed by atoms with Gasteiger partial charge in [-0.3, -0.25) is 9.69 Å². The van der Waals surface area contributed by atoms with Gasteiger partial charge in [0.05, 0.1) is 12.5 Å². The van der Waals surface area contributed by atoms with E-state index in [4.69, 9.17) is 5.73 Å². The molecule has 2 aliphatic rings. The summed E-state index contributed by atoms with van der Waals surface area (Å²) in [6.07, 6.45) is -8.76. The summed E-state index contributed by atoms with van der Waals surface area (Å²) in [4.78, 5) is 12.4. The van der Waals surface area contributed by atoms with E-state index in [2.05, 4.69) is 5.32 Å². The van der Waals surface area contributed by atoms with E-state index in [9.17, 15) is 31.1 Å². The fourth-order valence-electron chi connectivity index (χ4n) is 4.32. The summed E-state index contributed by atoms with van der Waals surface area (Å²) < 4.78 is 79.3. The topological polar surface area (TPSA) is 58.4 Å². The highest BCUT2D eigenvalue weighted by atomic mass is 19.4. The summed E-state index contributed by atoms with van der Waals surface area (Å²) in [6, 6.07) is 3.39. The van der Waals surface area contributed by atoms with Crippen molar-refractivity contribution in [3.8, 4) is 0 Å². The van der Waals surface area contributed by atoms with Crippen LogP contribution in [0.5, 0.6) is 0 Å². The first kappa shape index (κ1) is 20.9. The summed E-state index contributed by atoms with van der Waals surface area (Å²) in [5.41, 5.74) is 6.50. The third kappa shape index (κ3) is 4.60. The van der Waals surface area contributed by atoms with Crippen molar-refractivity contribution in [3.63, 3.8) is 0 Å². The quantitative estimate of drug-likeness (QED) is 0.750. The van der Waals surface area contributed by atoms with Gasteiger partial charge in [-0.25, -0.2) is 0 Å². The first-order valence-electron chi connectivity index (χ1n) is 8.97. The van der Waals surface area contributed by atoms with Gasteiger partial charge in [-0.1, -0.05) is 6.07 Å². The zero-order valence-electron chi connectivity index (χ0n) is 14.9. The Morgan fingerprint density at radius 3 is 2.36 bits per heavy atom. The van der Waals surface area contributed by atoms with E-state index in [1.165, 1.54) is 18.2 Å². The zero-order valence-corrected chi connectivity index (χ0v) is 14.9. The number of nitrogens with zero attached hydrogens (tertiary/aromatic N) is 1. The first-order chi connectivity index (χ1) is 13.0. The summed E-state index contributed by atoms with van der Waals surface area (Å²) in [5, 5.41) is 2.88. The predicted molar refractivity (Wildman–Crippen MR) is 89.3 cm³/mol. The van der Waals surface area contributed by atoms with E-state index in [1.54, 1.807) is 0 Å². The summed E-state index contributed by atoms with van der Waals surface area (Å²) in [7, 11) is 0. The van der Waals surface area contributed by atoms with Crippen LogP contribution in [0.4, 0.5) is 26.3 Å². The van der Waals surface area contributed by atoms with Crippen LogP contribution in [0.1, 0.15) is 40.4 Å². The number of carbonyl (C=O) groups excluding carboxylic acids is 1. The summed E-state index contributed by atoms with van der Waals surface area (Å²) in [5.74, 6) is -3.14. The fourth-order valence-corrected chi connectivity index (χ4v) is 4.32. The lowest BCUT2D eigenvalue weighted by molar-refractivity contribution is -0.204. The fraction of sp³-hybridized carbons (Fsp3) is 0.611. The van der Waals surface area contributed by atoms with Crippen LogP contribution < -0.4 is 11.1 Å². The molecule has 0 saturated carbocycles. The minimum atomic E-state index is -4.50. The lowest BCUT2D eigenvalue weighted by atomic mass is 9.77. The van der Waals surface area contributed by atoms with Gasteiger partial charge >= 0.3 is 12.4 Å². The Morgan fingerprint density at radius 1 is 1.18 bits per heavy atom. The second kappa shape index (κ2) is 7.55. The summed E-state index contributed by atoms with van der Waals surface area (Å²) in [6.45, 7) is -0.953. The molecule has 1 fully saturated rings. The Morgan fingerprint density at radius 2 is 1.82 bits per heavy atom. The highest BCUT2D eigenvalue weighted by Gasteiger charge is 2.51. The number of carbonyl (C=O) groups is 1. The molecule has 1 aromatic carbocycles. The SMILES string of the molecule is NC(=O)c1ccc2c(c1)CNC2[C@@H](C1CCN(CC(F)(F)F)CC1)C(F)(F)F. The van der Waals surface area contributed by atoms with Crippen LogP contribution in [0.15, 0.2) is 18.2 Å². The number of rotatable bonds is 4. The summed E-state index contributed by atoms with van der Waals surface area (Å²) >= 11 is 0. The molecule has 156 valence electrons. The molecule has 0 aliphatic carbocycles. The van der Waals surface area contributed by atoms with Crippen molar-refractivity contribution in [2.45, 2.75) is 37.8 Å². The van der Waals surface area contributed by atoms with Gasteiger partial charge < -0.3 is 11.1 Å². The van der Waals surface area contributed by atoms with Gasteiger partial charge in [0, 0.05) is 18.2 Å². The van der Waals surface area contributed by atoms with E-state index in [0.29, 0.717) is 11.1 Å². The number of hydrogen-bond donors (Lipinski definition) is 2. The number of alkyl halides is 6. The maximum Gasteiger partial charge on any atom is 0.401 e. The van der Waals surface area contributed by atoms with E-state index >= 15 is 0 Å². The van der Waals surface area contributed by atoms with E-state index < -0.39 is 42.7 Å². The third-order valence-electron chi connectivity index (χ3n) is 5.56. The number of nitrogens with two attached hydrogens (primary N) is 1. The smallest absolute Gasteiger partial charge is 0.366 e. The molecule has 1 amide bonds. The van der Waals surface area contributed by atoms with Crippen LogP contribution >= 0.6 is 0 Å². The largest absolute Gasteiger partial charge is 0.401 e. The Kier molecular flexibility index (Phi) is 5.64. The van der Waals surface area contributed by atoms with Crippen molar-refractivity contribution < 1.29 is 31.1 Å². The number of piperidine rings is 1. The van der Waals surface area contributed by atoms with Crippen LogP contribution in [-0.2, 0) is 6.54 Å². The molecule has 3 N–H and O–H groups in total. The van der Waals surface area contributed by atoms with Crippen LogP contribution in [0.3, 0.4) is 0 Å². The van der Waals surface area contributed by atoms with Gasteiger partial charge in [0.15, 0.2) is 0 Å². The third-order valence-corrected chi connectivity index (χ3v) is 5.56. The Hall–Kier alpha value is -1.81. The molecule has 10 heteroatoms. The normalized spacial score (nSPS) is 22.9. The average Bonchev–Trinajstić information content (AvgIpc) is 2.97. The van der Waals surface area contributed by atoms with Gasteiger partial charge in [-0.05, 0) is 55.1 Å². The molecule has 0 bridgehead atoms. The standard InChI is InChI=1S/C18H21F6N3O/c19-17(20,21)9-27-5-3-10(4-6-27)14(18(22,23)24)15-13-2-1-11(16(25)28)7-12(13)8-26-15/h1-2,7,10,14-15,26H,3-6,8-9H2,(H2,25,28)/t14-,15?/m1/s1. The second-order valence-electron chi connectivity index (χ2n) is 7.43. The minimum absolute atomic E-state index is 0.0169. The maximum absolute atomic E-state index is 13.9. The molecular weight excluding hydrogens is 388 g/mol. The van der Waals surface area contributed by atoms with Crippen LogP contribution in [0, 0.1) is 11.8 Å². The van der Waals surface area contributed by atoms with Crippen molar-refractivity contribution in [1.82, 2.24) is 10.2 Å². The van der Waals surface area contributed by atoms with Crippen LogP contribution in [-0.4, -0.2) is 42.8 Å². The van der Waals surface area contributed by atoms with Crippen molar-refractivity contribution in [1.29, 1.82) is 0 Å². The van der Waals surface area contributed by atoms with E-state index in [-0.39, 0.29) is 38.0 Å². The van der Waals surface area contributed by atoms with Crippen molar-refractivity contribution in [3.05, 3.63) is 34.9 Å². The molecule has 0 spiro atoms.